The van der Waals surface area contributed by atoms with Gasteiger partial charge in [0.15, 0.2) is 11.7 Å². The molecule has 5 heteroatoms. The molecule has 0 aliphatic carbocycles. The number of nitrogens with one attached hydrogen (secondary N) is 1. The first-order valence-electron chi connectivity index (χ1n) is 5.07. The van der Waals surface area contributed by atoms with Crippen LogP contribution < -0.4 is 5.32 Å². The van der Waals surface area contributed by atoms with E-state index >= 15 is 0 Å². The molecule has 2 amide bonds. The molecule has 0 saturated heterocycles. The van der Waals surface area contributed by atoms with Gasteiger partial charge in [-0.1, -0.05) is 6.92 Å². The van der Waals surface area contributed by atoms with Gasteiger partial charge in [-0.05, 0) is 13.3 Å². The Morgan fingerprint density at radius 1 is 1.33 bits per heavy atom. The van der Waals surface area contributed by atoms with Crippen molar-refractivity contribution < 1.29 is 14.3 Å². The van der Waals surface area contributed by atoms with E-state index in [0.717, 1.165) is 6.42 Å². The Labute approximate surface area is 89.9 Å². The second kappa shape index (κ2) is 7.96. The average Bonchev–Trinajstić information content (AvgIpc) is 2.15. The van der Waals surface area contributed by atoms with Crippen LogP contribution in [-0.2, 0) is 9.53 Å². The number of amides is 2. The number of carbonyl (C=O) groups is 2. The second-order valence-corrected chi connectivity index (χ2v) is 3.04. The highest BCUT2D eigenvalue weighted by Crippen LogP contribution is 1.91. The summed E-state index contributed by atoms with van der Waals surface area (Å²) in [4.78, 5) is 25.6. The van der Waals surface area contributed by atoms with E-state index in [4.69, 9.17) is 4.74 Å². The lowest BCUT2D eigenvalue weighted by atomic mass is 10.2. The maximum absolute atomic E-state index is 11.1. The van der Waals surface area contributed by atoms with Gasteiger partial charge in [0.05, 0.1) is 0 Å². The van der Waals surface area contributed by atoms with Crippen molar-refractivity contribution in [2.75, 3.05) is 13.2 Å². The van der Waals surface area contributed by atoms with Crippen LogP contribution in [0.4, 0.5) is 4.79 Å². The van der Waals surface area contributed by atoms with E-state index < -0.39 is 6.03 Å². The van der Waals surface area contributed by atoms with E-state index in [2.05, 4.69) is 10.3 Å². The van der Waals surface area contributed by atoms with Crippen LogP contribution in [0.1, 0.15) is 33.6 Å². The predicted molar refractivity (Wildman–Crippen MR) is 58.0 cm³/mol. The number of hydrogen-bond donors (Lipinski definition) is 1. The quantitative estimate of drug-likeness (QED) is 0.557. The van der Waals surface area contributed by atoms with Gasteiger partial charge in [0.25, 0.3) is 0 Å². The zero-order valence-electron chi connectivity index (χ0n) is 9.50. The molecule has 86 valence electrons. The van der Waals surface area contributed by atoms with Crippen LogP contribution >= 0.6 is 0 Å². The largest absolute Gasteiger partial charge is 0.473 e. The van der Waals surface area contributed by atoms with Crippen molar-refractivity contribution >= 4 is 17.7 Å². The highest BCUT2D eigenvalue weighted by molar-refractivity contribution is 5.90. The summed E-state index contributed by atoms with van der Waals surface area (Å²) in [7, 11) is 0. The third kappa shape index (κ3) is 7.66. The van der Waals surface area contributed by atoms with Gasteiger partial charge in [-0.15, -0.1) is 0 Å². The molecule has 0 spiro atoms. The molecule has 0 aromatic heterocycles. The van der Waals surface area contributed by atoms with E-state index in [0.29, 0.717) is 13.0 Å². The monoisotopic (exact) mass is 214 g/mol. The summed E-state index contributed by atoms with van der Waals surface area (Å²) in [6.45, 7) is 5.78. The van der Waals surface area contributed by atoms with Crippen LogP contribution in [0.5, 0.6) is 0 Å². The SMILES string of the molecule is CCCC(=O)COC(C)=NC(=O)NCC. The Hall–Kier alpha value is -1.39. The predicted octanol–water partition coefficient (Wildman–Crippen LogP) is 1.52. The lowest BCUT2D eigenvalue weighted by Crippen LogP contribution is -2.21. The van der Waals surface area contributed by atoms with Crippen LogP contribution in [0.2, 0.25) is 0 Å². The van der Waals surface area contributed by atoms with Gasteiger partial charge in [-0.2, -0.15) is 4.99 Å². The molecule has 0 atom stereocenters. The van der Waals surface area contributed by atoms with Crippen LogP contribution in [-0.4, -0.2) is 30.9 Å². The summed E-state index contributed by atoms with van der Waals surface area (Å²) in [5.41, 5.74) is 0. The zero-order valence-corrected chi connectivity index (χ0v) is 9.50. The highest BCUT2D eigenvalue weighted by Gasteiger charge is 2.03. The number of Topliss-reactive ketones (excluding diaryl/α,β-unsaturated/α-hetero) is 1. The Balaban J connectivity index is 3.86. The molecule has 0 aromatic rings. The topological polar surface area (TPSA) is 67.8 Å². The number of hydrogen-bond acceptors (Lipinski definition) is 3. The molecular formula is C10H18N2O3. The van der Waals surface area contributed by atoms with Crippen LogP contribution in [0.3, 0.4) is 0 Å². The minimum atomic E-state index is -0.446. The molecule has 0 aromatic carbocycles. The molecule has 0 aliphatic heterocycles. The van der Waals surface area contributed by atoms with Crippen molar-refractivity contribution in [2.45, 2.75) is 33.6 Å². The number of nitrogens with zero attached hydrogens (tertiary/aromatic N) is 1. The molecule has 15 heavy (non-hydrogen) atoms. The van der Waals surface area contributed by atoms with E-state index in [1.54, 1.807) is 13.8 Å². The molecule has 0 unspecified atom stereocenters. The number of ketones is 1. The summed E-state index contributed by atoms with van der Waals surface area (Å²) in [6, 6.07) is -0.446. The Kier molecular flexibility index (Phi) is 7.23. The van der Waals surface area contributed by atoms with Crippen LogP contribution in [0, 0.1) is 0 Å². The maximum atomic E-state index is 11.1. The summed E-state index contributed by atoms with van der Waals surface area (Å²) in [5, 5.41) is 2.50. The molecule has 0 rings (SSSR count). The number of ether oxygens (including phenoxy) is 1. The first-order valence-corrected chi connectivity index (χ1v) is 5.07. The number of aliphatic imine (C=N–C) groups is 1. The summed E-state index contributed by atoms with van der Waals surface area (Å²) < 4.78 is 5.01. The summed E-state index contributed by atoms with van der Waals surface area (Å²) >= 11 is 0. The van der Waals surface area contributed by atoms with Crippen molar-refractivity contribution in [3.8, 4) is 0 Å². The molecule has 0 aliphatic rings. The highest BCUT2D eigenvalue weighted by atomic mass is 16.5. The van der Waals surface area contributed by atoms with Crippen molar-refractivity contribution in [3.63, 3.8) is 0 Å². The van der Waals surface area contributed by atoms with Crippen LogP contribution in [0.25, 0.3) is 0 Å². The Morgan fingerprint density at radius 3 is 2.53 bits per heavy atom. The van der Waals surface area contributed by atoms with Crippen molar-refractivity contribution in [3.05, 3.63) is 0 Å². The normalized spacial score (nSPS) is 11.0. The zero-order chi connectivity index (χ0) is 11.7. The summed E-state index contributed by atoms with van der Waals surface area (Å²) in [5.74, 6) is 0.230. The molecule has 1 N–H and O–H groups in total. The van der Waals surface area contributed by atoms with Crippen molar-refractivity contribution in [1.82, 2.24) is 5.32 Å². The lowest BCUT2D eigenvalue weighted by Gasteiger charge is -2.03. The Morgan fingerprint density at radius 2 is 2.00 bits per heavy atom. The fraction of sp³-hybridized carbons (Fsp3) is 0.700. The Bertz CT molecular complexity index is 249. The third-order valence-electron chi connectivity index (χ3n) is 1.56. The molecule has 5 nitrogen and oxygen atoms in total. The van der Waals surface area contributed by atoms with E-state index in [1.807, 2.05) is 6.92 Å². The number of carbonyl (C=O) groups excluding carboxylic acids is 2. The van der Waals surface area contributed by atoms with E-state index in [-0.39, 0.29) is 18.3 Å². The van der Waals surface area contributed by atoms with Gasteiger partial charge in [-0.25, -0.2) is 4.79 Å². The minimum Gasteiger partial charge on any atom is -0.473 e. The molecular weight excluding hydrogens is 196 g/mol. The first kappa shape index (κ1) is 13.6. The fourth-order valence-corrected chi connectivity index (χ4v) is 0.902. The molecule has 0 heterocycles. The standard InChI is InChI=1S/C10H18N2O3/c1-4-6-9(13)7-15-8(3)12-10(14)11-5-2/h4-7H2,1-3H3,(H,11,14). The van der Waals surface area contributed by atoms with Crippen molar-refractivity contribution in [2.24, 2.45) is 4.99 Å². The number of urea groups is 1. The summed E-state index contributed by atoms with van der Waals surface area (Å²) in [6.07, 6.45) is 1.29. The lowest BCUT2D eigenvalue weighted by molar-refractivity contribution is -0.121. The molecule has 0 bridgehead atoms. The maximum Gasteiger partial charge on any atom is 0.343 e. The molecule has 0 saturated carbocycles. The average molecular weight is 214 g/mol. The molecule has 0 radical (unpaired) electrons. The first-order chi connectivity index (χ1) is 7.10. The van der Waals surface area contributed by atoms with Crippen LogP contribution in [0.15, 0.2) is 4.99 Å². The van der Waals surface area contributed by atoms with Gasteiger partial charge < -0.3 is 10.1 Å². The smallest absolute Gasteiger partial charge is 0.343 e. The van der Waals surface area contributed by atoms with E-state index in [9.17, 15) is 9.59 Å². The van der Waals surface area contributed by atoms with E-state index in [1.165, 1.54) is 0 Å². The van der Waals surface area contributed by atoms with Gasteiger partial charge in [0.2, 0.25) is 0 Å². The number of rotatable bonds is 5. The van der Waals surface area contributed by atoms with Crippen molar-refractivity contribution in [1.29, 1.82) is 0 Å². The third-order valence-corrected chi connectivity index (χ3v) is 1.56. The van der Waals surface area contributed by atoms with Gasteiger partial charge in [-0.3, -0.25) is 4.79 Å². The van der Waals surface area contributed by atoms with Gasteiger partial charge in [0, 0.05) is 19.9 Å². The molecule has 0 fully saturated rings. The second-order valence-electron chi connectivity index (χ2n) is 3.04. The van der Waals surface area contributed by atoms with Gasteiger partial charge in [0.1, 0.15) is 6.61 Å². The minimum absolute atomic E-state index is 0.0113. The van der Waals surface area contributed by atoms with Gasteiger partial charge >= 0.3 is 6.03 Å². The fourth-order valence-electron chi connectivity index (χ4n) is 0.902.